The second-order valence-electron chi connectivity index (χ2n) is 4.00. The molecule has 0 saturated heterocycles. The van der Waals surface area contributed by atoms with Gasteiger partial charge in [0.25, 0.3) is 0 Å². The van der Waals surface area contributed by atoms with Gasteiger partial charge in [0.05, 0.1) is 6.26 Å². The number of hydrogen-bond acceptors (Lipinski definition) is 4. The molecular weight excluding hydrogens is 284 g/mol. The Morgan fingerprint density at radius 2 is 2.16 bits per heavy atom. The summed E-state index contributed by atoms with van der Waals surface area (Å²) >= 11 is 1.66. The molecule has 3 N–H and O–H groups in total. The van der Waals surface area contributed by atoms with Crippen LogP contribution in [0.3, 0.4) is 0 Å². The zero-order valence-electron chi connectivity index (χ0n) is 11.1. The molecule has 0 aliphatic carbocycles. The van der Waals surface area contributed by atoms with Crippen molar-refractivity contribution in [2.45, 2.75) is 13.0 Å². The first-order chi connectivity index (χ1) is 9.01. The largest absolute Gasteiger partial charge is 0.356 e. The summed E-state index contributed by atoms with van der Waals surface area (Å²) < 4.78 is 24.1. The van der Waals surface area contributed by atoms with E-state index in [1.54, 1.807) is 18.4 Å². The minimum Gasteiger partial charge on any atom is -0.356 e. The van der Waals surface area contributed by atoms with Crippen LogP contribution in [0.1, 0.15) is 12.0 Å². The molecule has 0 spiro atoms. The maximum absolute atomic E-state index is 10.9. The van der Waals surface area contributed by atoms with Gasteiger partial charge in [0.1, 0.15) is 0 Å². The van der Waals surface area contributed by atoms with Gasteiger partial charge in [-0.1, -0.05) is 0 Å². The van der Waals surface area contributed by atoms with Crippen LogP contribution in [0, 0.1) is 0 Å². The van der Waals surface area contributed by atoms with Gasteiger partial charge in [-0.15, -0.1) is 0 Å². The molecular formula is C11H20N4O2S2. The standard InChI is InChI=1S/C11H20N4O2S2/c1-12-11(14-8-10-4-7-18-9-10)13-5-3-6-15-19(2,16)17/h4,7,9,15H,3,5-6,8H2,1-2H3,(H2,12,13,14). The minimum atomic E-state index is -3.09. The lowest BCUT2D eigenvalue weighted by molar-refractivity contribution is 0.584. The number of hydrogen-bond donors (Lipinski definition) is 3. The first-order valence-corrected chi connectivity index (χ1v) is 8.75. The highest BCUT2D eigenvalue weighted by molar-refractivity contribution is 7.88. The first-order valence-electron chi connectivity index (χ1n) is 5.91. The van der Waals surface area contributed by atoms with Crippen molar-refractivity contribution in [1.29, 1.82) is 0 Å². The third-order valence-electron chi connectivity index (χ3n) is 2.27. The molecule has 0 aromatic carbocycles. The number of nitrogens with one attached hydrogen (secondary N) is 3. The van der Waals surface area contributed by atoms with Gasteiger partial charge in [0.2, 0.25) is 10.0 Å². The Morgan fingerprint density at radius 3 is 2.74 bits per heavy atom. The first kappa shape index (κ1) is 15.9. The Bertz CT molecular complexity index is 483. The van der Waals surface area contributed by atoms with Crippen molar-refractivity contribution in [3.05, 3.63) is 22.4 Å². The van der Waals surface area contributed by atoms with Crippen molar-refractivity contribution in [3.8, 4) is 0 Å². The van der Waals surface area contributed by atoms with E-state index in [0.717, 1.165) is 12.8 Å². The molecule has 0 aliphatic rings. The van der Waals surface area contributed by atoms with E-state index in [-0.39, 0.29) is 0 Å². The SMILES string of the molecule is CN=C(NCCCNS(C)(=O)=O)NCc1ccsc1. The van der Waals surface area contributed by atoms with Crippen molar-refractivity contribution in [1.82, 2.24) is 15.4 Å². The average Bonchev–Trinajstić information content (AvgIpc) is 2.84. The predicted octanol–water partition coefficient (Wildman–Crippen LogP) is 0.352. The molecule has 8 heteroatoms. The molecule has 0 unspecified atom stereocenters. The van der Waals surface area contributed by atoms with Gasteiger partial charge in [0, 0.05) is 26.7 Å². The van der Waals surface area contributed by atoms with Crippen LogP contribution in [-0.2, 0) is 16.6 Å². The van der Waals surface area contributed by atoms with Crippen molar-refractivity contribution in [2.24, 2.45) is 4.99 Å². The molecule has 19 heavy (non-hydrogen) atoms. The normalized spacial score (nSPS) is 12.4. The zero-order chi connectivity index (χ0) is 14.1. The lowest BCUT2D eigenvalue weighted by Gasteiger charge is -2.11. The molecule has 1 aromatic heterocycles. The second-order valence-corrected chi connectivity index (χ2v) is 6.62. The fourth-order valence-corrected chi connectivity index (χ4v) is 2.54. The summed E-state index contributed by atoms with van der Waals surface area (Å²) in [4.78, 5) is 4.09. The molecule has 0 aliphatic heterocycles. The Balaban J connectivity index is 2.15. The number of guanidine groups is 1. The molecule has 6 nitrogen and oxygen atoms in total. The number of sulfonamides is 1. The monoisotopic (exact) mass is 304 g/mol. The lowest BCUT2D eigenvalue weighted by atomic mass is 10.3. The van der Waals surface area contributed by atoms with Crippen molar-refractivity contribution in [3.63, 3.8) is 0 Å². The van der Waals surface area contributed by atoms with E-state index in [1.165, 1.54) is 5.56 Å². The number of rotatable bonds is 7. The minimum absolute atomic E-state index is 0.424. The lowest BCUT2D eigenvalue weighted by Crippen LogP contribution is -2.38. The van der Waals surface area contributed by atoms with Crippen LogP contribution in [0.25, 0.3) is 0 Å². The van der Waals surface area contributed by atoms with Gasteiger partial charge in [-0.2, -0.15) is 11.3 Å². The highest BCUT2D eigenvalue weighted by Crippen LogP contribution is 2.04. The quantitative estimate of drug-likeness (QED) is 0.386. The van der Waals surface area contributed by atoms with Crippen LogP contribution in [0.15, 0.2) is 21.8 Å². The predicted molar refractivity (Wildman–Crippen MR) is 80.0 cm³/mol. The summed E-state index contributed by atoms with van der Waals surface area (Å²) in [5, 5.41) is 10.4. The van der Waals surface area contributed by atoms with Gasteiger partial charge in [-0.3, -0.25) is 4.99 Å². The van der Waals surface area contributed by atoms with Crippen LogP contribution >= 0.6 is 11.3 Å². The Labute approximate surface area is 118 Å². The molecule has 1 rings (SSSR count). The third-order valence-corrected chi connectivity index (χ3v) is 3.73. The van der Waals surface area contributed by atoms with Gasteiger partial charge in [-0.05, 0) is 28.8 Å². The van der Waals surface area contributed by atoms with Crippen LogP contribution < -0.4 is 15.4 Å². The van der Waals surface area contributed by atoms with Crippen LogP contribution in [0.4, 0.5) is 0 Å². The molecule has 1 aromatic rings. The molecule has 0 amide bonds. The summed E-state index contributed by atoms with van der Waals surface area (Å²) in [5.74, 6) is 0.713. The summed E-state index contributed by atoms with van der Waals surface area (Å²) in [6.45, 7) is 1.81. The average molecular weight is 304 g/mol. The molecule has 0 atom stereocenters. The Kier molecular flexibility index (Phi) is 6.82. The van der Waals surface area contributed by atoms with Gasteiger partial charge >= 0.3 is 0 Å². The van der Waals surface area contributed by atoms with Gasteiger partial charge in [-0.25, -0.2) is 13.1 Å². The molecule has 0 fully saturated rings. The van der Waals surface area contributed by atoms with Gasteiger partial charge in [0.15, 0.2) is 5.96 Å². The molecule has 0 bridgehead atoms. The molecule has 1 heterocycles. The maximum atomic E-state index is 10.9. The highest BCUT2D eigenvalue weighted by Gasteiger charge is 2.00. The van der Waals surface area contributed by atoms with Crippen molar-refractivity contribution >= 4 is 27.3 Å². The van der Waals surface area contributed by atoms with Gasteiger partial charge < -0.3 is 10.6 Å². The molecule has 108 valence electrons. The third kappa shape index (κ3) is 7.81. The number of nitrogens with zero attached hydrogens (tertiary/aromatic N) is 1. The molecule has 0 radical (unpaired) electrons. The summed E-state index contributed by atoms with van der Waals surface area (Å²) in [5.41, 5.74) is 1.21. The number of thiophene rings is 1. The smallest absolute Gasteiger partial charge is 0.208 e. The molecule has 0 saturated carbocycles. The van der Waals surface area contributed by atoms with E-state index in [0.29, 0.717) is 25.5 Å². The van der Waals surface area contributed by atoms with Crippen LogP contribution in [0.2, 0.25) is 0 Å². The van der Waals surface area contributed by atoms with Crippen LogP contribution in [-0.4, -0.2) is 40.8 Å². The number of aliphatic imine (C=N–C) groups is 1. The van der Waals surface area contributed by atoms with E-state index in [9.17, 15) is 8.42 Å². The van der Waals surface area contributed by atoms with Crippen molar-refractivity contribution in [2.75, 3.05) is 26.4 Å². The zero-order valence-corrected chi connectivity index (χ0v) is 12.8. The summed E-state index contributed by atoms with van der Waals surface area (Å²) in [6, 6.07) is 2.06. The van der Waals surface area contributed by atoms with Crippen molar-refractivity contribution < 1.29 is 8.42 Å². The highest BCUT2D eigenvalue weighted by atomic mass is 32.2. The summed E-state index contributed by atoms with van der Waals surface area (Å²) in [7, 11) is -1.39. The van der Waals surface area contributed by atoms with E-state index in [1.807, 2.05) is 5.38 Å². The Hall–Kier alpha value is -1.12. The fourth-order valence-electron chi connectivity index (χ4n) is 1.35. The fraction of sp³-hybridized carbons (Fsp3) is 0.545. The van der Waals surface area contributed by atoms with Crippen LogP contribution in [0.5, 0.6) is 0 Å². The van der Waals surface area contributed by atoms with E-state index in [2.05, 4.69) is 31.8 Å². The Morgan fingerprint density at radius 1 is 1.37 bits per heavy atom. The second kappa shape index (κ2) is 8.13. The van der Waals surface area contributed by atoms with E-state index in [4.69, 9.17) is 0 Å². The van der Waals surface area contributed by atoms with E-state index >= 15 is 0 Å². The van der Waals surface area contributed by atoms with E-state index < -0.39 is 10.0 Å². The topological polar surface area (TPSA) is 82.6 Å². The summed E-state index contributed by atoms with van der Waals surface area (Å²) in [6.07, 6.45) is 1.86. The maximum Gasteiger partial charge on any atom is 0.208 e.